The number of piperazine rings is 1. The highest BCUT2D eigenvalue weighted by atomic mass is 35.5. The maximum Gasteiger partial charge on any atom is 0.208 e. The number of anilines is 1. The fraction of sp³-hybridized carbons (Fsp3) is 0.684. The van der Waals surface area contributed by atoms with Crippen molar-refractivity contribution in [2.24, 2.45) is 0 Å². The minimum Gasteiger partial charge on any atom is -0.368 e. The molecule has 1 aromatic carbocycles. The Balaban J connectivity index is 1.44. The average molecular weight is 452 g/mol. The third-order valence-corrected chi connectivity index (χ3v) is 7.35. The average Bonchev–Trinajstić information content (AvgIpc) is 2.64. The number of sulfonamides is 1. The Morgan fingerprint density at radius 1 is 1.18 bits per heavy atom. The first-order valence-electron chi connectivity index (χ1n) is 9.73. The summed E-state index contributed by atoms with van der Waals surface area (Å²) in [7, 11) is -3.23. The zero-order valence-corrected chi connectivity index (χ0v) is 18.5. The van der Waals surface area contributed by atoms with Gasteiger partial charge in [-0.2, -0.15) is 0 Å². The van der Waals surface area contributed by atoms with Gasteiger partial charge in [-0.05, 0) is 44.2 Å². The molecule has 1 aliphatic heterocycles. The zero-order valence-electron chi connectivity index (χ0n) is 16.1. The zero-order chi connectivity index (χ0) is 20.4. The van der Waals surface area contributed by atoms with Gasteiger partial charge in [0.25, 0.3) is 0 Å². The molecule has 9 heteroatoms. The van der Waals surface area contributed by atoms with Crippen molar-refractivity contribution in [1.82, 2.24) is 9.62 Å². The van der Waals surface area contributed by atoms with Gasteiger partial charge in [0.15, 0.2) is 0 Å². The quantitative estimate of drug-likeness (QED) is 0.715. The van der Waals surface area contributed by atoms with Crippen molar-refractivity contribution in [2.75, 3.05) is 43.9 Å². The van der Waals surface area contributed by atoms with E-state index in [4.69, 9.17) is 23.2 Å². The highest BCUT2D eigenvalue weighted by molar-refractivity contribution is 7.88. The summed E-state index contributed by atoms with van der Waals surface area (Å²) in [4.78, 5) is 4.51. The van der Waals surface area contributed by atoms with Gasteiger partial charge in [0.1, 0.15) is 5.67 Å². The van der Waals surface area contributed by atoms with Crippen molar-refractivity contribution in [1.29, 1.82) is 0 Å². The predicted molar refractivity (Wildman–Crippen MR) is 114 cm³/mol. The fourth-order valence-corrected chi connectivity index (χ4v) is 5.37. The molecule has 28 heavy (non-hydrogen) atoms. The van der Waals surface area contributed by atoms with Gasteiger partial charge in [-0.1, -0.05) is 29.3 Å². The number of rotatable bonds is 6. The molecule has 2 fully saturated rings. The monoisotopic (exact) mass is 451 g/mol. The van der Waals surface area contributed by atoms with E-state index in [1.54, 1.807) is 6.07 Å². The molecule has 158 valence electrons. The van der Waals surface area contributed by atoms with Crippen LogP contribution in [0.1, 0.15) is 32.1 Å². The standard InChI is InChI=1S/C19H28Cl2FN3O2S/c1-28(26,27)23-15-5-7-19(22,8-6-15)9-10-24-11-13-25(14-12-24)17-4-2-3-16(20)18(17)21/h2-4,15,23H,5-14H2,1H3. The van der Waals surface area contributed by atoms with Crippen LogP contribution >= 0.6 is 23.2 Å². The van der Waals surface area contributed by atoms with Crippen molar-refractivity contribution in [3.05, 3.63) is 28.2 Å². The molecule has 3 rings (SSSR count). The molecule has 1 heterocycles. The second kappa shape index (κ2) is 9.04. The van der Waals surface area contributed by atoms with Gasteiger partial charge in [-0.3, -0.25) is 4.90 Å². The SMILES string of the molecule is CS(=O)(=O)NC1CCC(F)(CCN2CCN(c3cccc(Cl)c3Cl)CC2)CC1. The summed E-state index contributed by atoms with van der Waals surface area (Å²) in [5.41, 5.74) is -0.240. The van der Waals surface area contributed by atoms with Crippen molar-refractivity contribution in [2.45, 2.75) is 43.8 Å². The van der Waals surface area contributed by atoms with Crippen LogP contribution in [-0.2, 0) is 10.0 Å². The van der Waals surface area contributed by atoms with Crippen molar-refractivity contribution < 1.29 is 12.8 Å². The van der Waals surface area contributed by atoms with E-state index in [1.807, 2.05) is 12.1 Å². The van der Waals surface area contributed by atoms with Crippen LogP contribution in [0, 0.1) is 0 Å². The van der Waals surface area contributed by atoms with Crippen LogP contribution in [0.15, 0.2) is 18.2 Å². The summed E-state index contributed by atoms with van der Waals surface area (Å²) < 4.78 is 40.4. The van der Waals surface area contributed by atoms with E-state index in [0.29, 0.717) is 42.1 Å². The Morgan fingerprint density at radius 3 is 2.43 bits per heavy atom. The van der Waals surface area contributed by atoms with Gasteiger partial charge in [0.2, 0.25) is 10.0 Å². The lowest BCUT2D eigenvalue weighted by atomic mass is 9.81. The summed E-state index contributed by atoms with van der Waals surface area (Å²) in [6.07, 6.45) is 3.60. The molecule has 0 aromatic heterocycles. The predicted octanol–water partition coefficient (Wildman–Crippen LogP) is 3.71. The van der Waals surface area contributed by atoms with Gasteiger partial charge < -0.3 is 4.90 Å². The van der Waals surface area contributed by atoms with E-state index in [1.165, 1.54) is 0 Å². The minimum absolute atomic E-state index is 0.134. The van der Waals surface area contributed by atoms with Gasteiger partial charge in [-0.15, -0.1) is 0 Å². The highest BCUT2D eigenvalue weighted by Gasteiger charge is 2.36. The van der Waals surface area contributed by atoms with Crippen LogP contribution in [0.25, 0.3) is 0 Å². The second-order valence-corrected chi connectivity index (χ2v) is 10.5. The van der Waals surface area contributed by atoms with E-state index in [2.05, 4.69) is 14.5 Å². The third-order valence-electron chi connectivity index (χ3n) is 5.78. The number of hydrogen-bond donors (Lipinski definition) is 1. The minimum atomic E-state index is -3.23. The van der Waals surface area contributed by atoms with Crippen LogP contribution in [0.5, 0.6) is 0 Å². The van der Waals surface area contributed by atoms with E-state index in [0.717, 1.165) is 44.7 Å². The molecule has 1 N–H and O–H groups in total. The largest absolute Gasteiger partial charge is 0.368 e. The molecule has 0 unspecified atom stereocenters. The molecule has 1 aliphatic carbocycles. The Bertz CT molecular complexity index is 777. The van der Waals surface area contributed by atoms with Gasteiger partial charge in [0, 0.05) is 38.8 Å². The van der Waals surface area contributed by atoms with E-state index in [-0.39, 0.29) is 6.04 Å². The second-order valence-electron chi connectivity index (χ2n) is 7.97. The lowest BCUT2D eigenvalue weighted by Gasteiger charge is -2.39. The summed E-state index contributed by atoms with van der Waals surface area (Å²) >= 11 is 12.4. The van der Waals surface area contributed by atoms with Gasteiger partial charge in [0.05, 0.1) is 22.0 Å². The Labute approximate surface area is 177 Å². The van der Waals surface area contributed by atoms with E-state index >= 15 is 4.39 Å². The third kappa shape index (κ3) is 5.95. The van der Waals surface area contributed by atoms with Crippen LogP contribution in [0.2, 0.25) is 10.0 Å². The topological polar surface area (TPSA) is 52.7 Å². The number of nitrogens with one attached hydrogen (secondary N) is 1. The highest BCUT2D eigenvalue weighted by Crippen LogP contribution is 2.36. The van der Waals surface area contributed by atoms with E-state index < -0.39 is 15.7 Å². The molecule has 0 amide bonds. The fourth-order valence-electron chi connectivity index (χ4n) is 4.11. The molecule has 5 nitrogen and oxygen atoms in total. The van der Waals surface area contributed by atoms with Crippen molar-refractivity contribution >= 4 is 38.9 Å². The lowest BCUT2D eigenvalue weighted by Crippen LogP contribution is -2.48. The van der Waals surface area contributed by atoms with Crippen LogP contribution in [0.4, 0.5) is 10.1 Å². The number of benzene rings is 1. The molecule has 0 spiro atoms. The first kappa shape index (κ1) is 22.1. The first-order valence-corrected chi connectivity index (χ1v) is 12.4. The molecule has 2 aliphatic rings. The maximum atomic E-state index is 15.1. The van der Waals surface area contributed by atoms with Gasteiger partial charge >= 0.3 is 0 Å². The van der Waals surface area contributed by atoms with Gasteiger partial charge in [-0.25, -0.2) is 17.5 Å². The lowest BCUT2D eigenvalue weighted by molar-refractivity contribution is 0.0706. The first-order chi connectivity index (χ1) is 13.2. The number of halogens is 3. The summed E-state index contributed by atoms with van der Waals surface area (Å²) in [6.45, 7) is 4.10. The van der Waals surface area contributed by atoms with Crippen molar-refractivity contribution in [3.8, 4) is 0 Å². The summed E-state index contributed by atoms with van der Waals surface area (Å²) in [5, 5.41) is 1.14. The molecule has 0 radical (unpaired) electrons. The van der Waals surface area contributed by atoms with Crippen LogP contribution < -0.4 is 9.62 Å². The molecular formula is C19H28Cl2FN3O2S. The van der Waals surface area contributed by atoms with Crippen molar-refractivity contribution in [3.63, 3.8) is 0 Å². The molecule has 1 saturated carbocycles. The summed E-state index contributed by atoms with van der Waals surface area (Å²) in [5.74, 6) is 0. The van der Waals surface area contributed by atoms with Crippen LogP contribution in [-0.4, -0.2) is 64.0 Å². The molecule has 0 bridgehead atoms. The molecule has 1 aromatic rings. The Hall–Kier alpha value is -0.600. The normalized spacial score (nSPS) is 27.1. The molecule has 1 saturated heterocycles. The Morgan fingerprint density at radius 2 is 1.82 bits per heavy atom. The smallest absolute Gasteiger partial charge is 0.208 e. The number of alkyl halides is 1. The number of hydrogen-bond acceptors (Lipinski definition) is 4. The number of nitrogens with zero attached hydrogens (tertiary/aromatic N) is 2. The van der Waals surface area contributed by atoms with Crippen LogP contribution in [0.3, 0.4) is 0 Å². The Kier molecular flexibility index (Phi) is 7.14. The maximum absolute atomic E-state index is 15.1. The summed E-state index contributed by atoms with van der Waals surface area (Å²) in [6, 6.07) is 5.52. The molecular weight excluding hydrogens is 424 g/mol. The van der Waals surface area contributed by atoms with E-state index in [9.17, 15) is 8.42 Å². The molecule has 0 atom stereocenters.